The van der Waals surface area contributed by atoms with Crippen molar-refractivity contribution < 1.29 is 24.2 Å². The molecule has 5 heteroatoms. The highest BCUT2D eigenvalue weighted by atomic mass is 16.6. The Kier molecular flexibility index (Phi) is 72.9. The van der Waals surface area contributed by atoms with Crippen LogP contribution >= 0.6 is 0 Å². The van der Waals surface area contributed by atoms with E-state index in [4.69, 9.17) is 9.47 Å². The van der Waals surface area contributed by atoms with Gasteiger partial charge in [0.25, 0.3) is 0 Å². The van der Waals surface area contributed by atoms with E-state index in [9.17, 15) is 14.7 Å². The van der Waals surface area contributed by atoms with E-state index >= 15 is 0 Å². The number of carbonyl (C=O) groups is 2. The molecule has 0 saturated carbocycles. The van der Waals surface area contributed by atoms with Gasteiger partial charge in [0, 0.05) is 12.8 Å². The van der Waals surface area contributed by atoms with Gasteiger partial charge in [0.2, 0.25) is 0 Å². The first-order valence-corrected chi connectivity index (χ1v) is 37.0. The van der Waals surface area contributed by atoms with E-state index in [1.165, 1.54) is 180 Å². The molecule has 0 radical (unpaired) electrons. The summed E-state index contributed by atoms with van der Waals surface area (Å²) in [5.41, 5.74) is 0. The molecule has 0 aliphatic carbocycles. The normalized spacial score (nSPS) is 13.2. The molecule has 0 aromatic rings. The Balaban J connectivity index is 3.57. The largest absolute Gasteiger partial charge is 0.462 e. The summed E-state index contributed by atoms with van der Waals surface area (Å²) >= 11 is 0. The Morgan fingerprint density at radius 3 is 0.750 bits per heavy atom. The number of esters is 2. The average molecular weight is 1220 g/mol. The van der Waals surface area contributed by atoms with Crippen LogP contribution in [-0.2, 0) is 19.1 Å². The minimum Gasteiger partial charge on any atom is -0.462 e. The number of unbranched alkanes of at least 4 members (excludes halogenated alkanes) is 33. The lowest BCUT2D eigenvalue weighted by Gasteiger charge is -2.15. The molecule has 0 bridgehead atoms. The second-order valence-corrected chi connectivity index (χ2v) is 24.3. The second kappa shape index (κ2) is 76.8. The quantitative estimate of drug-likeness (QED) is 0.0373. The highest BCUT2D eigenvalue weighted by molar-refractivity contribution is 5.70. The molecule has 0 aliphatic heterocycles. The SMILES string of the molecule is CC/C=C\C/C=C\C/C=C\C/C=C\C/C=C\C/C=C\C/C=C\C/C=C\C/C=C\C/C=C\C/C=C\C/C=C\CCCCCCC(=O)OC(CO)COC(=O)CCCCCCCCCCCCCCCCCCCCCCC/C=C\CCCCCCCCCC. The van der Waals surface area contributed by atoms with Crippen molar-refractivity contribution in [1.29, 1.82) is 0 Å². The molecule has 1 N–H and O–H groups in total. The van der Waals surface area contributed by atoms with E-state index in [1.54, 1.807) is 0 Å². The summed E-state index contributed by atoms with van der Waals surface area (Å²) in [7, 11) is 0. The lowest BCUT2D eigenvalue weighted by molar-refractivity contribution is -0.161. The molecule has 0 rings (SSSR count). The molecule has 0 aliphatic rings. The Hall–Kier alpha value is -4.48. The summed E-state index contributed by atoms with van der Waals surface area (Å²) in [4.78, 5) is 24.7. The Morgan fingerprint density at radius 1 is 0.273 bits per heavy atom. The van der Waals surface area contributed by atoms with Crippen LogP contribution in [0.25, 0.3) is 0 Å². The highest BCUT2D eigenvalue weighted by Crippen LogP contribution is 2.17. The highest BCUT2D eigenvalue weighted by Gasteiger charge is 2.16. The molecular formula is C83H138O5. The number of carbonyl (C=O) groups excluding carboxylic acids is 2. The van der Waals surface area contributed by atoms with Gasteiger partial charge in [-0.2, -0.15) is 0 Å². The van der Waals surface area contributed by atoms with Gasteiger partial charge in [-0.3, -0.25) is 9.59 Å². The predicted octanol–water partition coefficient (Wildman–Crippen LogP) is 26.2. The zero-order valence-corrected chi connectivity index (χ0v) is 57.4. The summed E-state index contributed by atoms with van der Waals surface area (Å²) < 4.78 is 10.7. The molecule has 0 amide bonds. The monoisotopic (exact) mass is 1220 g/mol. The van der Waals surface area contributed by atoms with Crippen LogP contribution in [0.2, 0.25) is 0 Å². The van der Waals surface area contributed by atoms with Crippen molar-refractivity contribution in [3.05, 3.63) is 158 Å². The summed E-state index contributed by atoms with van der Waals surface area (Å²) in [6.07, 6.45) is 117. The van der Waals surface area contributed by atoms with Crippen LogP contribution in [0, 0.1) is 0 Å². The maximum absolute atomic E-state index is 12.4. The lowest BCUT2D eigenvalue weighted by Crippen LogP contribution is -2.28. The van der Waals surface area contributed by atoms with Crippen LogP contribution < -0.4 is 0 Å². The minimum atomic E-state index is -0.797. The Morgan fingerprint density at radius 2 is 0.489 bits per heavy atom. The second-order valence-electron chi connectivity index (χ2n) is 24.3. The molecule has 0 saturated heterocycles. The van der Waals surface area contributed by atoms with Crippen molar-refractivity contribution in [2.24, 2.45) is 0 Å². The van der Waals surface area contributed by atoms with Gasteiger partial charge < -0.3 is 14.6 Å². The topological polar surface area (TPSA) is 72.8 Å². The Bertz CT molecular complexity index is 1860. The predicted molar refractivity (Wildman–Crippen MR) is 389 cm³/mol. The van der Waals surface area contributed by atoms with E-state index in [0.717, 1.165) is 128 Å². The molecule has 0 aromatic carbocycles. The van der Waals surface area contributed by atoms with Crippen molar-refractivity contribution in [3.63, 3.8) is 0 Å². The number of ether oxygens (including phenoxy) is 2. The standard InChI is InChI=1S/C83H138O5/c1-3-5-7-9-11-13-15-17-19-21-23-25-27-29-31-33-35-37-38-39-40-41-42-43-44-46-48-50-52-54-56-58-60-62-64-66-68-70-72-74-76-78-83(86)88-81(79-84)80-87-82(85)77-75-73-71-69-67-65-63-61-59-57-55-53-51-49-47-45-36-34-32-30-28-26-24-22-20-18-16-14-12-10-8-6-4-2/h5,7,11,13,17,19,22-25,29,31,35,37,39-40,42-43,46,48,52,54,58,60,64,66,81,84H,3-4,6,8-10,12,14-16,18,20-21,26-28,30,32-34,36,38,41,44-45,47,49-51,53,55-57,59,61-63,65,67-80H2,1-2H3/b7-5-,13-11-,19-17-,24-22-,25-23-,31-29-,37-35-,40-39-,43-42-,48-46-,54-52-,60-58-,66-64-. The summed E-state index contributed by atoms with van der Waals surface area (Å²) in [6, 6.07) is 0. The van der Waals surface area contributed by atoms with Crippen molar-refractivity contribution in [2.45, 2.75) is 341 Å². The van der Waals surface area contributed by atoms with Crippen LogP contribution in [-0.4, -0.2) is 36.4 Å². The van der Waals surface area contributed by atoms with Gasteiger partial charge in [0.15, 0.2) is 6.10 Å². The van der Waals surface area contributed by atoms with E-state index in [-0.39, 0.29) is 25.2 Å². The van der Waals surface area contributed by atoms with Crippen LogP contribution in [0.15, 0.2) is 158 Å². The van der Waals surface area contributed by atoms with Crippen molar-refractivity contribution in [1.82, 2.24) is 0 Å². The van der Waals surface area contributed by atoms with Crippen LogP contribution in [0.1, 0.15) is 335 Å². The van der Waals surface area contributed by atoms with Gasteiger partial charge in [0.05, 0.1) is 6.61 Å². The third-order valence-corrected chi connectivity index (χ3v) is 15.8. The molecule has 88 heavy (non-hydrogen) atoms. The first kappa shape index (κ1) is 83.5. The molecule has 1 unspecified atom stereocenters. The van der Waals surface area contributed by atoms with Crippen molar-refractivity contribution in [3.8, 4) is 0 Å². The summed E-state index contributed by atoms with van der Waals surface area (Å²) in [5, 5.41) is 9.71. The lowest BCUT2D eigenvalue weighted by atomic mass is 10.0. The molecule has 0 fully saturated rings. The molecule has 5 nitrogen and oxygen atoms in total. The fourth-order valence-electron chi connectivity index (χ4n) is 10.3. The van der Waals surface area contributed by atoms with Gasteiger partial charge in [-0.25, -0.2) is 0 Å². The Labute approximate surface area is 545 Å². The van der Waals surface area contributed by atoms with Gasteiger partial charge in [-0.15, -0.1) is 0 Å². The number of aliphatic hydroxyl groups is 1. The third-order valence-electron chi connectivity index (χ3n) is 15.8. The maximum atomic E-state index is 12.4. The third kappa shape index (κ3) is 74.0. The van der Waals surface area contributed by atoms with Crippen molar-refractivity contribution in [2.75, 3.05) is 13.2 Å². The van der Waals surface area contributed by atoms with Crippen LogP contribution in [0.3, 0.4) is 0 Å². The molecule has 0 spiro atoms. The zero-order chi connectivity index (χ0) is 63.3. The van der Waals surface area contributed by atoms with Gasteiger partial charge >= 0.3 is 11.9 Å². The number of aliphatic hydroxyl groups excluding tert-OH is 1. The van der Waals surface area contributed by atoms with E-state index in [1.807, 2.05) is 0 Å². The fourth-order valence-corrected chi connectivity index (χ4v) is 10.3. The number of allylic oxidation sites excluding steroid dienone is 26. The van der Waals surface area contributed by atoms with Gasteiger partial charge in [0.1, 0.15) is 6.61 Å². The van der Waals surface area contributed by atoms with Crippen molar-refractivity contribution >= 4 is 11.9 Å². The summed E-state index contributed by atoms with van der Waals surface area (Å²) in [6.45, 7) is 4.03. The molecule has 0 heterocycles. The molecule has 500 valence electrons. The zero-order valence-electron chi connectivity index (χ0n) is 57.4. The molecule has 1 atom stereocenters. The minimum absolute atomic E-state index is 0.0823. The average Bonchev–Trinajstić information content (AvgIpc) is 3.56. The fraction of sp³-hybridized carbons (Fsp3) is 0.663. The van der Waals surface area contributed by atoms with Crippen LogP contribution in [0.5, 0.6) is 0 Å². The van der Waals surface area contributed by atoms with E-state index < -0.39 is 6.10 Å². The number of hydrogen-bond donors (Lipinski definition) is 1. The van der Waals surface area contributed by atoms with Crippen LogP contribution in [0.4, 0.5) is 0 Å². The summed E-state index contributed by atoms with van der Waals surface area (Å²) in [5.74, 6) is -0.618. The maximum Gasteiger partial charge on any atom is 0.306 e. The molecular weight excluding hydrogens is 1080 g/mol. The van der Waals surface area contributed by atoms with E-state index in [2.05, 4.69) is 172 Å². The molecule has 0 aromatic heterocycles. The van der Waals surface area contributed by atoms with Gasteiger partial charge in [-0.05, 0) is 128 Å². The van der Waals surface area contributed by atoms with Gasteiger partial charge in [-0.1, -0.05) is 352 Å². The first-order chi connectivity index (χ1) is 43.6. The van der Waals surface area contributed by atoms with E-state index in [0.29, 0.717) is 12.8 Å². The first-order valence-electron chi connectivity index (χ1n) is 37.0. The smallest absolute Gasteiger partial charge is 0.306 e. The number of hydrogen-bond acceptors (Lipinski definition) is 5. The number of rotatable bonds is 67.